The van der Waals surface area contributed by atoms with Gasteiger partial charge in [-0.3, -0.25) is 0 Å². The van der Waals surface area contributed by atoms with E-state index in [9.17, 15) is 0 Å². The quantitative estimate of drug-likeness (QED) is 0.163. The molecule has 6 heteroatoms. The third kappa shape index (κ3) is 4.39. The van der Waals surface area contributed by atoms with Crippen molar-refractivity contribution in [3.63, 3.8) is 0 Å². The van der Waals surface area contributed by atoms with Crippen molar-refractivity contribution in [2.45, 2.75) is 26.2 Å². The largest absolute Gasteiger partial charge is 0.456 e. The van der Waals surface area contributed by atoms with Crippen LogP contribution < -0.4 is 15.7 Å². The average Bonchev–Trinajstić information content (AvgIpc) is 4.08. The van der Waals surface area contributed by atoms with E-state index in [4.69, 9.17) is 13.3 Å². The molecule has 0 saturated heterocycles. The third-order valence-corrected chi connectivity index (χ3v) is 14.3. The van der Waals surface area contributed by atoms with Crippen LogP contribution in [0.1, 0.15) is 26.3 Å². The number of para-hydroxylation sites is 3. The molecule has 9 aromatic carbocycles. The lowest BCUT2D eigenvalue weighted by molar-refractivity contribution is 0.591. The van der Waals surface area contributed by atoms with E-state index < -0.39 is 0 Å². The minimum absolute atomic E-state index is 0.0618. The second kappa shape index (κ2) is 11.9. The van der Waals surface area contributed by atoms with Gasteiger partial charge in [0, 0.05) is 83.4 Å². The minimum Gasteiger partial charge on any atom is -0.456 e. The maximum absolute atomic E-state index is 7.28. The normalized spacial score (nSPS) is 13.5. The molecule has 5 nitrogen and oxygen atoms in total. The van der Waals surface area contributed by atoms with E-state index in [0.29, 0.717) is 0 Å². The van der Waals surface area contributed by atoms with E-state index in [0.717, 1.165) is 105 Å². The highest BCUT2D eigenvalue weighted by Crippen LogP contribution is 2.53. The first kappa shape index (κ1) is 34.6. The summed E-state index contributed by atoms with van der Waals surface area (Å²) in [5.41, 5.74) is 19.2. The fourth-order valence-corrected chi connectivity index (χ4v) is 11.4. The molecule has 64 heavy (non-hydrogen) atoms. The Balaban J connectivity index is 1.19. The van der Waals surface area contributed by atoms with Crippen LogP contribution in [0.2, 0.25) is 0 Å². The van der Waals surface area contributed by atoms with Crippen LogP contribution in [0.4, 0.5) is 11.4 Å². The van der Waals surface area contributed by atoms with Crippen LogP contribution in [-0.2, 0) is 5.41 Å². The van der Waals surface area contributed by atoms with E-state index in [2.05, 4.69) is 200 Å². The number of rotatable bonds is 2. The van der Waals surface area contributed by atoms with Gasteiger partial charge in [0.1, 0.15) is 33.5 Å². The van der Waals surface area contributed by atoms with Crippen molar-refractivity contribution in [2.75, 3.05) is 4.81 Å². The molecular formula is C58H37BN2O3. The summed E-state index contributed by atoms with van der Waals surface area (Å²) in [5.74, 6) is 0. The van der Waals surface area contributed by atoms with Crippen molar-refractivity contribution in [2.24, 2.45) is 0 Å². The van der Waals surface area contributed by atoms with E-state index in [1.54, 1.807) is 0 Å². The molecule has 0 bridgehead atoms. The van der Waals surface area contributed by atoms with E-state index in [1.165, 1.54) is 38.3 Å². The first-order valence-corrected chi connectivity index (χ1v) is 22.2. The van der Waals surface area contributed by atoms with Gasteiger partial charge in [-0.15, -0.1) is 0 Å². The molecule has 0 aliphatic carbocycles. The Morgan fingerprint density at radius 1 is 0.469 bits per heavy atom. The molecule has 0 saturated carbocycles. The lowest BCUT2D eigenvalue weighted by Gasteiger charge is -2.42. The van der Waals surface area contributed by atoms with E-state index in [-0.39, 0.29) is 12.3 Å². The Bertz CT molecular complexity index is 4200. The van der Waals surface area contributed by atoms with Gasteiger partial charge in [-0.05, 0) is 81.6 Å². The number of furan rings is 3. The van der Waals surface area contributed by atoms with Gasteiger partial charge in [0.15, 0.2) is 0 Å². The molecule has 0 amide bonds. The van der Waals surface area contributed by atoms with Crippen molar-refractivity contribution >= 4 is 117 Å². The summed E-state index contributed by atoms with van der Waals surface area (Å²) < 4.78 is 23.3. The van der Waals surface area contributed by atoms with Gasteiger partial charge in [-0.1, -0.05) is 130 Å². The summed E-state index contributed by atoms with van der Waals surface area (Å²) in [5, 5.41) is 9.09. The summed E-state index contributed by atoms with van der Waals surface area (Å²) >= 11 is 0. The standard InChI is InChI=1S/C58H37BN2O3/c1-58(2,3)34-24-25-44-41(27-34)52-53-38-20-9-12-23-49(38)64-57(53)54-42-28-39-36-18-7-10-21-47(36)62-50(39)30-45(42)61(35-17-13-16-33(26-35)32-14-5-4-6-15-32)59-43-29-40-37-19-8-11-22-48(37)63-51(40)31-46(43)60(44)56(52)55(54)59/h4-31H,1-3H3. The summed E-state index contributed by atoms with van der Waals surface area (Å²) in [6, 6.07) is 61.6. The average molecular weight is 821 g/mol. The molecule has 0 fully saturated rings. The van der Waals surface area contributed by atoms with Gasteiger partial charge < -0.3 is 22.6 Å². The van der Waals surface area contributed by atoms with Crippen LogP contribution in [0.5, 0.6) is 0 Å². The fourth-order valence-electron chi connectivity index (χ4n) is 11.4. The number of aromatic nitrogens is 1. The smallest absolute Gasteiger partial charge is 0.333 e. The molecule has 0 spiro atoms. The van der Waals surface area contributed by atoms with Crippen LogP contribution in [0.3, 0.4) is 0 Å². The first-order valence-electron chi connectivity index (χ1n) is 22.2. The highest BCUT2D eigenvalue weighted by atomic mass is 16.3. The summed E-state index contributed by atoms with van der Waals surface area (Å²) in [7, 11) is 0. The van der Waals surface area contributed by atoms with Crippen LogP contribution in [0.25, 0.3) is 116 Å². The van der Waals surface area contributed by atoms with Crippen molar-refractivity contribution in [3.05, 3.63) is 175 Å². The van der Waals surface area contributed by atoms with E-state index >= 15 is 0 Å². The predicted molar refractivity (Wildman–Crippen MR) is 266 cm³/mol. The number of benzene rings is 9. The molecule has 4 aromatic heterocycles. The van der Waals surface area contributed by atoms with Gasteiger partial charge in [-0.25, -0.2) is 0 Å². The molecule has 6 heterocycles. The Labute approximate surface area is 367 Å². The first-order chi connectivity index (χ1) is 31.4. The second-order valence-corrected chi connectivity index (χ2v) is 18.8. The van der Waals surface area contributed by atoms with Crippen LogP contribution in [0, 0.1) is 0 Å². The van der Waals surface area contributed by atoms with Crippen LogP contribution >= 0.6 is 0 Å². The third-order valence-electron chi connectivity index (χ3n) is 14.3. The van der Waals surface area contributed by atoms with Crippen molar-refractivity contribution in [3.8, 4) is 27.9 Å². The molecule has 0 unspecified atom stereocenters. The highest BCUT2D eigenvalue weighted by molar-refractivity contribution is 6.94. The zero-order valence-electron chi connectivity index (χ0n) is 35.4. The summed E-state index contributed by atoms with van der Waals surface area (Å²) in [6.07, 6.45) is 0. The van der Waals surface area contributed by atoms with Crippen molar-refractivity contribution < 1.29 is 13.3 Å². The summed E-state index contributed by atoms with van der Waals surface area (Å²) in [4.78, 5) is 2.58. The lowest BCUT2D eigenvalue weighted by Crippen LogP contribution is -2.60. The molecule has 13 aromatic rings. The Kier molecular flexibility index (Phi) is 6.46. The molecule has 15 rings (SSSR count). The Morgan fingerprint density at radius 2 is 1.11 bits per heavy atom. The Morgan fingerprint density at radius 3 is 1.84 bits per heavy atom. The van der Waals surface area contributed by atoms with Gasteiger partial charge in [-0.2, -0.15) is 0 Å². The number of nitrogens with zero attached hydrogens (tertiary/aromatic N) is 2. The van der Waals surface area contributed by atoms with E-state index in [1.807, 2.05) is 0 Å². The van der Waals surface area contributed by atoms with Gasteiger partial charge in [0.25, 0.3) is 0 Å². The number of fused-ring (bicyclic) bond motifs is 19. The second-order valence-electron chi connectivity index (χ2n) is 18.8. The SMILES string of the molecule is CC(C)(C)c1ccc2c(c1)c1c3c(oc4ccccc43)c3c4c1n2-c1cc2oc5ccccc5c2cc1B4N(c1cccc(-c2ccccc2)c1)c1cc2oc4ccccc4c2cc1-3. The Hall–Kier alpha value is -7.96. The predicted octanol–water partition coefficient (Wildman–Crippen LogP) is 14.7. The van der Waals surface area contributed by atoms with Crippen molar-refractivity contribution in [1.29, 1.82) is 0 Å². The number of anilines is 2. The number of hydrogen-bond acceptors (Lipinski definition) is 4. The molecule has 2 aliphatic rings. The minimum atomic E-state index is -0.262. The fraction of sp³-hybridized carbons (Fsp3) is 0.0690. The van der Waals surface area contributed by atoms with Crippen LogP contribution in [-0.4, -0.2) is 11.4 Å². The van der Waals surface area contributed by atoms with Crippen LogP contribution in [0.15, 0.2) is 183 Å². The summed E-state index contributed by atoms with van der Waals surface area (Å²) in [6.45, 7) is 6.65. The zero-order valence-corrected chi connectivity index (χ0v) is 35.4. The zero-order chi connectivity index (χ0) is 42.2. The van der Waals surface area contributed by atoms with Gasteiger partial charge in [0.05, 0.1) is 11.0 Å². The van der Waals surface area contributed by atoms with Gasteiger partial charge >= 0.3 is 6.85 Å². The van der Waals surface area contributed by atoms with Gasteiger partial charge in [0.2, 0.25) is 0 Å². The maximum Gasteiger partial charge on any atom is 0.333 e. The molecule has 2 aliphatic heterocycles. The van der Waals surface area contributed by atoms with Crippen molar-refractivity contribution in [1.82, 2.24) is 4.57 Å². The highest BCUT2D eigenvalue weighted by Gasteiger charge is 2.47. The molecule has 0 N–H and O–H groups in total. The monoisotopic (exact) mass is 820 g/mol. The molecule has 0 atom stereocenters. The maximum atomic E-state index is 7.28. The molecule has 0 radical (unpaired) electrons. The molecule has 300 valence electrons. The number of hydrogen-bond donors (Lipinski definition) is 0. The molecular weight excluding hydrogens is 783 g/mol. The topological polar surface area (TPSA) is 47.6 Å². The lowest BCUT2D eigenvalue weighted by atomic mass is 9.43.